The first-order valence-electron chi connectivity index (χ1n) is 7.73. The van der Waals surface area contributed by atoms with E-state index in [0.717, 1.165) is 29.4 Å². The minimum absolute atomic E-state index is 0. The van der Waals surface area contributed by atoms with Gasteiger partial charge in [0.15, 0.2) is 12.8 Å². The van der Waals surface area contributed by atoms with Gasteiger partial charge in [0.1, 0.15) is 11.6 Å². The van der Waals surface area contributed by atoms with Crippen molar-refractivity contribution >= 4 is 41.3 Å². The second-order valence-electron chi connectivity index (χ2n) is 5.40. The number of hydrogen-bond acceptors (Lipinski definition) is 4. The zero-order valence-electron chi connectivity index (χ0n) is 13.9. The lowest BCUT2D eigenvalue weighted by atomic mass is 10.1. The van der Waals surface area contributed by atoms with Crippen LogP contribution in [0.1, 0.15) is 16.7 Å². The van der Waals surface area contributed by atoms with Gasteiger partial charge < -0.3 is 20.1 Å². The summed E-state index contributed by atoms with van der Waals surface area (Å²) in [5, 5.41) is 10.6. The van der Waals surface area contributed by atoms with E-state index in [4.69, 9.17) is 9.47 Å². The largest absolute Gasteiger partial charge is 0.467 e. The summed E-state index contributed by atoms with van der Waals surface area (Å²) in [4.78, 5) is 4.20. The fourth-order valence-electron chi connectivity index (χ4n) is 2.56. The van der Waals surface area contributed by atoms with Crippen LogP contribution in [0, 0.1) is 5.82 Å². The van der Waals surface area contributed by atoms with Gasteiger partial charge in [0.05, 0.1) is 6.61 Å². The van der Waals surface area contributed by atoms with Gasteiger partial charge in [-0.2, -0.15) is 11.3 Å². The zero-order valence-corrected chi connectivity index (χ0v) is 17.0. The lowest BCUT2D eigenvalue weighted by molar-refractivity contribution is -0.0172. The van der Waals surface area contributed by atoms with Crippen molar-refractivity contribution < 1.29 is 13.9 Å². The van der Waals surface area contributed by atoms with E-state index < -0.39 is 0 Å². The molecule has 1 aliphatic heterocycles. The number of thiophene rings is 1. The van der Waals surface area contributed by atoms with Gasteiger partial charge in [0, 0.05) is 25.7 Å². The molecule has 0 atom stereocenters. The Morgan fingerprint density at radius 2 is 2.24 bits per heavy atom. The topological polar surface area (TPSA) is 54.9 Å². The average molecular weight is 477 g/mol. The van der Waals surface area contributed by atoms with Crippen molar-refractivity contribution in [3.8, 4) is 5.75 Å². The fourth-order valence-corrected chi connectivity index (χ4v) is 3.23. The Labute approximate surface area is 167 Å². The molecule has 2 heterocycles. The molecule has 1 aliphatic rings. The van der Waals surface area contributed by atoms with Gasteiger partial charge in [0.2, 0.25) is 0 Å². The summed E-state index contributed by atoms with van der Waals surface area (Å²) in [6.45, 7) is 1.95. The van der Waals surface area contributed by atoms with Gasteiger partial charge in [-0.25, -0.2) is 4.39 Å². The smallest absolute Gasteiger partial charge is 0.191 e. The molecule has 0 fully saturated rings. The summed E-state index contributed by atoms with van der Waals surface area (Å²) in [6, 6.07) is 5.06. The van der Waals surface area contributed by atoms with Crippen LogP contribution in [0.25, 0.3) is 0 Å². The molecule has 1 aromatic heterocycles. The Bertz CT molecular complexity index is 710. The third-order valence-corrected chi connectivity index (χ3v) is 4.43. The van der Waals surface area contributed by atoms with E-state index in [1.807, 2.05) is 5.38 Å². The molecule has 0 aliphatic carbocycles. The standard InChI is InChI=1S/C17H20FN3O2S.HI/c1-19-17(21-8-12-3-5-24-10-12)20-4-2-13-6-15(18)7-14-9-22-11-23-16(13)14;/h3,5-7,10H,2,4,8-9,11H2,1H3,(H2,19,20,21);1H. The van der Waals surface area contributed by atoms with Gasteiger partial charge in [-0.05, 0) is 46.5 Å². The molecule has 5 nitrogen and oxygen atoms in total. The van der Waals surface area contributed by atoms with Crippen molar-refractivity contribution in [2.45, 2.75) is 19.6 Å². The highest BCUT2D eigenvalue weighted by atomic mass is 127. The number of nitrogens with zero attached hydrogens (tertiary/aromatic N) is 1. The average Bonchev–Trinajstić information content (AvgIpc) is 3.11. The van der Waals surface area contributed by atoms with Crippen molar-refractivity contribution in [1.82, 2.24) is 10.6 Å². The van der Waals surface area contributed by atoms with Crippen LogP contribution in [-0.2, 0) is 24.3 Å². The molecule has 0 amide bonds. The quantitative estimate of drug-likeness (QED) is 0.395. The Balaban J connectivity index is 0.00000225. The summed E-state index contributed by atoms with van der Waals surface area (Å²) in [7, 11) is 1.73. The second kappa shape index (κ2) is 9.93. The number of ether oxygens (including phenoxy) is 2. The predicted octanol–water partition coefficient (Wildman–Crippen LogP) is 3.28. The van der Waals surface area contributed by atoms with Crippen LogP contribution in [0.3, 0.4) is 0 Å². The summed E-state index contributed by atoms with van der Waals surface area (Å²) in [5.74, 6) is 1.19. The summed E-state index contributed by atoms with van der Waals surface area (Å²) in [6.07, 6.45) is 0.638. The highest BCUT2D eigenvalue weighted by Crippen LogP contribution is 2.29. The van der Waals surface area contributed by atoms with E-state index in [1.165, 1.54) is 17.7 Å². The van der Waals surface area contributed by atoms with Crippen molar-refractivity contribution in [2.24, 2.45) is 4.99 Å². The maximum atomic E-state index is 13.7. The third-order valence-electron chi connectivity index (χ3n) is 3.70. The molecule has 25 heavy (non-hydrogen) atoms. The number of fused-ring (bicyclic) bond motifs is 1. The van der Waals surface area contributed by atoms with E-state index >= 15 is 0 Å². The van der Waals surface area contributed by atoms with Crippen molar-refractivity contribution in [2.75, 3.05) is 20.4 Å². The van der Waals surface area contributed by atoms with Crippen LogP contribution in [0.15, 0.2) is 34.0 Å². The number of benzene rings is 1. The fraction of sp³-hybridized carbons (Fsp3) is 0.353. The van der Waals surface area contributed by atoms with Crippen LogP contribution in [0.5, 0.6) is 5.75 Å². The van der Waals surface area contributed by atoms with E-state index in [-0.39, 0.29) is 36.6 Å². The van der Waals surface area contributed by atoms with Gasteiger partial charge >= 0.3 is 0 Å². The van der Waals surface area contributed by atoms with Crippen molar-refractivity contribution in [3.05, 3.63) is 51.5 Å². The highest BCUT2D eigenvalue weighted by molar-refractivity contribution is 14.0. The molecule has 2 N–H and O–H groups in total. The van der Waals surface area contributed by atoms with Crippen LogP contribution in [-0.4, -0.2) is 26.3 Å². The predicted molar refractivity (Wildman–Crippen MR) is 108 cm³/mol. The third kappa shape index (κ3) is 5.55. The van der Waals surface area contributed by atoms with Crippen LogP contribution >= 0.6 is 35.3 Å². The van der Waals surface area contributed by atoms with Crippen molar-refractivity contribution in [1.29, 1.82) is 0 Å². The first-order chi connectivity index (χ1) is 11.8. The van der Waals surface area contributed by atoms with Gasteiger partial charge in [0.25, 0.3) is 0 Å². The van der Waals surface area contributed by atoms with E-state index in [2.05, 4.69) is 27.1 Å². The maximum absolute atomic E-state index is 13.7. The minimum atomic E-state index is -0.266. The van der Waals surface area contributed by atoms with Gasteiger partial charge in [-0.1, -0.05) is 0 Å². The number of halogens is 2. The first-order valence-corrected chi connectivity index (χ1v) is 8.68. The van der Waals surface area contributed by atoms with E-state index in [9.17, 15) is 4.39 Å². The number of hydrogen-bond donors (Lipinski definition) is 2. The molecule has 2 aromatic rings. The molecule has 0 bridgehead atoms. The number of guanidine groups is 1. The van der Waals surface area contributed by atoms with Gasteiger partial charge in [-0.15, -0.1) is 24.0 Å². The Morgan fingerprint density at radius 3 is 3.00 bits per heavy atom. The zero-order chi connectivity index (χ0) is 16.8. The number of rotatable bonds is 5. The molecule has 8 heteroatoms. The molecule has 0 saturated carbocycles. The molecule has 0 radical (unpaired) electrons. The SMILES string of the molecule is CN=C(NCCc1cc(F)cc2c1OCOC2)NCc1ccsc1.I. The molecule has 0 unspecified atom stereocenters. The van der Waals surface area contributed by atoms with E-state index in [0.29, 0.717) is 19.6 Å². The second-order valence-corrected chi connectivity index (χ2v) is 6.18. The molecule has 1 aromatic carbocycles. The molecule has 3 rings (SSSR count). The van der Waals surface area contributed by atoms with Crippen LogP contribution in [0.2, 0.25) is 0 Å². The Kier molecular flexibility index (Phi) is 7.91. The molecule has 0 spiro atoms. The minimum Gasteiger partial charge on any atom is -0.467 e. The summed E-state index contributed by atoms with van der Waals surface area (Å²) in [5.41, 5.74) is 2.82. The first kappa shape index (κ1) is 19.9. The molecular weight excluding hydrogens is 456 g/mol. The normalized spacial score (nSPS) is 13.4. The molecule has 136 valence electrons. The number of aliphatic imine (C=N–C) groups is 1. The Morgan fingerprint density at radius 1 is 1.36 bits per heavy atom. The number of nitrogens with one attached hydrogen (secondary N) is 2. The van der Waals surface area contributed by atoms with Crippen LogP contribution in [0.4, 0.5) is 4.39 Å². The summed E-state index contributed by atoms with van der Waals surface area (Å²) >= 11 is 1.67. The Hall–Kier alpha value is -1.39. The molecular formula is C17H21FIN3O2S. The van der Waals surface area contributed by atoms with Crippen molar-refractivity contribution in [3.63, 3.8) is 0 Å². The van der Waals surface area contributed by atoms with Gasteiger partial charge in [-0.3, -0.25) is 4.99 Å². The highest BCUT2D eigenvalue weighted by Gasteiger charge is 2.16. The van der Waals surface area contributed by atoms with Crippen LogP contribution < -0.4 is 15.4 Å². The molecule has 0 saturated heterocycles. The lowest BCUT2D eigenvalue weighted by Crippen LogP contribution is -2.37. The van der Waals surface area contributed by atoms with E-state index in [1.54, 1.807) is 18.4 Å². The lowest BCUT2D eigenvalue weighted by Gasteiger charge is -2.21. The summed E-state index contributed by atoms with van der Waals surface area (Å²) < 4.78 is 24.4. The monoisotopic (exact) mass is 477 g/mol. The maximum Gasteiger partial charge on any atom is 0.191 e.